The second-order valence-corrected chi connectivity index (χ2v) is 4.02. The first-order valence-electron chi connectivity index (χ1n) is 5.50. The lowest BCUT2D eigenvalue weighted by molar-refractivity contribution is -0.119. The van der Waals surface area contributed by atoms with Gasteiger partial charge in [0.05, 0.1) is 12.8 Å². The van der Waals surface area contributed by atoms with Crippen LogP contribution in [-0.4, -0.2) is 30.6 Å². The Hall–Kier alpha value is -1.98. The molecule has 2 rings (SSSR count). The summed E-state index contributed by atoms with van der Waals surface area (Å²) in [5.74, 6) is 0.710. The third kappa shape index (κ3) is 2.11. The van der Waals surface area contributed by atoms with Crippen LogP contribution in [0.3, 0.4) is 0 Å². The Kier molecular flexibility index (Phi) is 3.03. The first-order valence-corrected chi connectivity index (χ1v) is 5.50. The van der Waals surface area contributed by atoms with Crippen molar-refractivity contribution < 1.29 is 9.53 Å². The summed E-state index contributed by atoms with van der Waals surface area (Å²) in [6.07, 6.45) is 1.65. The van der Waals surface area contributed by atoms with E-state index in [-0.39, 0.29) is 11.9 Å². The van der Waals surface area contributed by atoms with Crippen LogP contribution in [0.25, 0.3) is 0 Å². The Morgan fingerprint density at radius 1 is 1.59 bits per heavy atom. The third-order valence-corrected chi connectivity index (χ3v) is 2.94. The number of nitrogens with two attached hydrogens (primary N) is 2. The predicted molar refractivity (Wildman–Crippen MR) is 64.8 cm³/mol. The fraction of sp³-hybridized carbons (Fsp3) is 0.455. The number of carbonyl (C=O) groups excluding carboxylic acids is 1. The Morgan fingerprint density at radius 2 is 2.35 bits per heavy atom. The summed E-state index contributed by atoms with van der Waals surface area (Å²) >= 11 is 0. The van der Waals surface area contributed by atoms with Crippen LogP contribution in [0.4, 0.5) is 11.5 Å². The smallest absolute Gasteiger partial charge is 0.240 e. The van der Waals surface area contributed by atoms with Crippen molar-refractivity contribution >= 4 is 17.4 Å². The largest absolute Gasteiger partial charge is 0.481 e. The van der Waals surface area contributed by atoms with Gasteiger partial charge in [0.15, 0.2) is 5.82 Å². The van der Waals surface area contributed by atoms with E-state index in [0.29, 0.717) is 17.4 Å². The molecule has 6 heteroatoms. The SMILES string of the molecule is COc1ccc(N)c(N2CCCC2C(N)=O)n1. The van der Waals surface area contributed by atoms with Gasteiger partial charge in [-0.1, -0.05) is 0 Å². The molecule has 1 atom stereocenters. The Labute approximate surface area is 99.5 Å². The fourth-order valence-corrected chi connectivity index (χ4v) is 2.10. The molecule has 0 aliphatic carbocycles. The maximum atomic E-state index is 11.3. The second-order valence-electron chi connectivity index (χ2n) is 4.02. The Morgan fingerprint density at radius 3 is 3.00 bits per heavy atom. The van der Waals surface area contributed by atoms with Crippen molar-refractivity contribution in [2.24, 2.45) is 5.73 Å². The van der Waals surface area contributed by atoms with E-state index < -0.39 is 0 Å². The van der Waals surface area contributed by atoms with Crippen LogP contribution in [-0.2, 0) is 4.79 Å². The van der Waals surface area contributed by atoms with Crippen molar-refractivity contribution in [3.8, 4) is 5.88 Å². The van der Waals surface area contributed by atoms with Gasteiger partial charge in [-0.05, 0) is 18.9 Å². The van der Waals surface area contributed by atoms with Gasteiger partial charge in [0.1, 0.15) is 6.04 Å². The van der Waals surface area contributed by atoms with Gasteiger partial charge < -0.3 is 21.1 Å². The average Bonchev–Trinajstić information content (AvgIpc) is 2.78. The number of nitrogen functional groups attached to an aromatic ring is 1. The van der Waals surface area contributed by atoms with Crippen molar-refractivity contribution in [1.82, 2.24) is 4.98 Å². The lowest BCUT2D eigenvalue weighted by atomic mass is 10.2. The highest BCUT2D eigenvalue weighted by molar-refractivity contribution is 5.85. The summed E-state index contributed by atoms with van der Waals surface area (Å²) in [5.41, 5.74) is 11.8. The summed E-state index contributed by atoms with van der Waals surface area (Å²) in [7, 11) is 1.54. The van der Waals surface area contributed by atoms with Gasteiger partial charge in [-0.2, -0.15) is 4.98 Å². The number of hydrogen-bond acceptors (Lipinski definition) is 5. The van der Waals surface area contributed by atoms with Crippen molar-refractivity contribution in [1.29, 1.82) is 0 Å². The predicted octanol–water partition coefficient (Wildman–Crippen LogP) is 0.126. The molecule has 0 radical (unpaired) electrons. The average molecular weight is 236 g/mol. The lowest BCUT2D eigenvalue weighted by Crippen LogP contribution is -2.41. The van der Waals surface area contributed by atoms with Gasteiger partial charge in [0.2, 0.25) is 11.8 Å². The van der Waals surface area contributed by atoms with Crippen LogP contribution >= 0.6 is 0 Å². The minimum Gasteiger partial charge on any atom is -0.481 e. The highest BCUT2D eigenvalue weighted by atomic mass is 16.5. The lowest BCUT2D eigenvalue weighted by Gasteiger charge is -2.24. The number of ether oxygens (including phenoxy) is 1. The molecular weight excluding hydrogens is 220 g/mol. The number of carbonyl (C=O) groups is 1. The zero-order valence-electron chi connectivity index (χ0n) is 9.72. The maximum Gasteiger partial charge on any atom is 0.240 e. The van der Waals surface area contributed by atoms with E-state index in [1.54, 1.807) is 12.1 Å². The Balaban J connectivity index is 2.35. The van der Waals surface area contributed by atoms with Crippen LogP contribution in [0.15, 0.2) is 12.1 Å². The number of aromatic nitrogens is 1. The molecule has 17 heavy (non-hydrogen) atoms. The molecule has 92 valence electrons. The summed E-state index contributed by atoms with van der Waals surface area (Å²) in [6, 6.07) is 3.09. The minimum atomic E-state index is -0.341. The number of methoxy groups -OCH3 is 1. The molecule has 1 aromatic heterocycles. The molecule has 1 fully saturated rings. The Bertz CT molecular complexity index is 435. The summed E-state index contributed by atoms with van der Waals surface area (Å²) in [6.45, 7) is 0.734. The molecule has 6 nitrogen and oxygen atoms in total. The van der Waals surface area contributed by atoms with Gasteiger partial charge in [-0.3, -0.25) is 4.79 Å². The molecule has 1 saturated heterocycles. The molecule has 1 aliphatic heterocycles. The summed E-state index contributed by atoms with van der Waals surface area (Å²) in [4.78, 5) is 17.5. The zero-order valence-corrected chi connectivity index (χ0v) is 9.72. The van der Waals surface area contributed by atoms with E-state index in [4.69, 9.17) is 16.2 Å². The van der Waals surface area contributed by atoms with E-state index in [1.165, 1.54) is 7.11 Å². The number of nitrogens with zero attached hydrogens (tertiary/aromatic N) is 2. The van der Waals surface area contributed by atoms with Crippen molar-refractivity contribution in [2.45, 2.75) is 18.9 Å². The number of rotatable bonds is 3. The number of primary amides is 1. The molecule has 0 bridgehead atoms. The molecule has 1 unspecified atom stereocenters. The van der Waals surface area contributed by atoms with E-state index in [1.807, 2.05) is 4.90 Å². The van der Waals surface area contributed by atoms with Gasteiger partial charge in [-0.25, -0.2) is 0 Å². The maximum absolute atomic E-state index is 11.3. The molecule has 1 amide bonds. The van der Waals surface area contributed by atoms with Crippen molar-refractivity contribution in [2.75, 3.05) is 24.3 Å². The summed E-state index contributed by atoms with van der Waals surface area (Å²) < 4.78 is 5.06. The summed E-state index contributed by atoms with van der Waals surface area (Å²) in [5, 5.41) is 0. The highest BCUT2D eigenvalue weighted by Gasteiger charge is 2.31. The van der Waals surface area contributed by atoms with Crippen LogP contribution in [0, 0.1) is 0 Å². The van der Waals surface area contributed by atoms with E-state index in [2.05, 4.69) is 4.98 Å². The van der Waals surface area contributed by atoms with Gasteiger partial charge >= 0.3 is 0 Å². The number of amides is 1. The van der Waals surface area contributed by atoms with Crippen molar-refractivity contribution in [3.63, 3.8) is 0 Å². The topological polar surface area (TPSA) is 94.5 Å². The van der Waals surface area contributed by atoms with Crippen molar-refractivity contribution in [3.05, 3.63) is 12.1 Å². The van der Waals surface area contributed by atoms with Gasteiger partial charge in [-0.15, -0.1) is 0 Å². The van der Waals surface area contributed by atoms with E-state index >= 15 is 0 Å². The van der Waals surface area contributed by atoms with Crippen LogP contribution in [0.2, 0.25) is 0 Å². The first kappa shape index (κ1) is 11.5. The first-order chi connectivity index (χ1) is 8.13. The van der Waals surface area contributed by atoms with Gasteiger partial charge in [0.25, 0.3) is 0 Å². The fourth-order valence-electron chi connectivity index (χ4n) is 2.10. The highest BCUT2D eigenvalue weighted by Crippen LogP contribution is 2.30. The monoisotopic (exact) mass is 236 g/mol. The number of pyridine rings is 1. The molecule has 0 saturated carbocycles. The number of anilines is 2. The normalized spacial score (nSPS) is 19.4. The molecule has 1 aliphatic rings. The standard InChI is InChI=1S/C11H16N4O2/c1-17-9-5-4-7(12)11(14-9)15-6-2-3-8(15)10(13)16/h4-5,8H,2-3,6,12H2,1H3,(H2,13,16). The molecule has 2 heterocycles. The van der Waals surface area contributed by atoms with E-state index in [9.17, 15) is 4.79 Å². The van der Waals surface area contributed by atoms with Gasteiger partial charge in [0, 0.05) is 12.6 Å². The molecule has 0 aromatic carbocycles. The van der Waals surface area contributed by atoms with Crippen LogP contribution < -0.4 is 21.1 Å². The molecule has 0 spiro atoms. The quantitative estimate of drug-likeness (QED) is 0.777. The second kappa shape index (κ2) is 4.48. The van der Waals surface area contributed by atoms with Crippen LogP contribution in [0.1, 0.15) is 12.8 Å². The van der Waals surface area contributed by atoms with Crippen LogP contribution in [0.5, 0.6) is 5.88 Å². The molecule has 4 N–H and O–H groups in total. The molecule has 1 aromatic rings. The zero-order chi connectivity index (χ0) is 12.4. The molecular formula is C11H16N4O2. The third-order valence-electron chi connectivity index (χ3n) is 2.94. The minimum absolute atomic E-state index is 0.322. The van der Waals surface area contributed by atoms with E-state index in [0.717, 1.165) is 19.4 Å². The number of hydrogen-bond donors (Lipinski definition) is 2.